The molecule has 0 saturated carbocycles. The standard InChI is InChI=1S/C36H33Br2N3O6/c1-6-46-30-16-24(31(37)32(38)33(30)47-19-22-11-13-23(14-12-22)36(43)44)18-39-41-34(40-28-10-8-7-9-25(28)35(41)42)27-17-26(20(2)3)29(45-5)15-21(27)4/h7-18,20H,6,19H2,1-5H3,(H,43,44). The predicted molar refractivity (Wildman–Crippen MR) is 191 cm³/mol. The van der Waals surface area contributed by atoms with Crippen molar-refractivity contribution in [2.24, 2.45) is 5.10 Å². The number of para-hydroxylation sites is 1. The molecular formula is C36H33Br2N3O6. The smallest absolute Gasteiger partial charge is 0.335 e. The number of carbonyl (C=O) groups is 1. The first-order valence-electron chi connectivity index (χ1n) is 14.9. The Balaban J connectivity index is 1.60. The van der Waals surface area contributed by atoms with Crippen LogP contribution in [0.15, 0.2) is 85.6 Å². The summed E-state index contributed by atoms with van der Waals surface area (Å²) in [7, 11) is 1.65. The molecule has 5 rings (SSSR count). The fourth-order valence-electron chi connectivity index (χ4n) is 5.09. The molecule has 0 fully saturated rings. The van der Waals surface area contributed by atoms with Gasteiger partial charge in [-0.1, -0.05) is 38.1 Å². The number of hydrogen-bond donors (Lipinski definition) is 1. The van der Waals surface area contributed by atoms with Gasteiger partial charge in [0.15, 0.2) is 17.3 Å². The molecule has 47 heavy (non-hydrogen) atoms. The van der Waals surface area contributed by atoms with Crippen LogP contribution in [-0.2, 0) is 6.61 Å². The highest BCUT2D eigenvalue weighted by molar-refractivity contribution is 9.13. The second-order valence-electron chi connectivity index (χ2n) is 11.0. The maximum absolute atomic E-state index is 13.9. The van der Waals surface area contributed by atoms with Crippen molar-refractivity contribution in [2.45, 2.75) is 40.2 Å². The van der Waals surface area contributed by atoms with Crippen molar-refractivity contribution in [3.63, 3.8) is 0 Å². The van der Waals surface area contributed by atoms with Crippen molar-refractivity contribution in [3.05, 3.63) is 114 Å². The van der Waals surface area contributed by atoms with Gasteiger partial charge >= 0.3 is 5.97 Å². The molecule has 11 heteroatoms. The Bertz CT molecular complexity index is 2060. The van der Waals surface area contributed by atoms with Crippen molar-refractivity contribution in [3.8, 4) is 28.6 Å². The van der Waals surface area contributed by atoms with Gasteiger partial charge in [-0.25, -0.2) is 9.78 Å². The maximum Gasteiger partial charge on any atom is 0.335 e. The largest absolute Gasteiger partial charge is 0.496 e. The summed E-state index contributed by atoms with van der Waals surface area (Å²) >= 11 is 7.30. The second kappa shape index (κ2) is 14.5. The molecule has 4 aromatic carbocycles. The zero-order valence-corrected chi connectivity index (χ0v) is 29.7. The summed E-state index contributed by atoms with van der Waals surface area (Å²) in [5, 5.41) is 14.3. The Morgan fingerprint density at radius 2 is 1.74 bits per heavy atom. The minimum Gasteiger partial charge on any atom is -0.496 e. The summed E-state index contributed by atoms with van der Waals surface area (Å²) in [5.74, 6) is 1.27. The van der Waals surface area contributed by atoms with Crippen molar-refractivity contribution >= 4 is 54.9 Å². The van der Waals surface area contributed by atoms with Gasteiger partial charge in [0.25, 0.3) is 5.56 Å². The summed E-state index contributed by atoms with van der Waals surface area (Å²) in [4.78, 5) is 30.1. The third kappa shape index (κ3) is 7.11. The number of halogens is 2. The Hall–Kier alpha value is -4.48. The summed E-state index contributed by atoms with van der Waals surface area (Å²) in [6.45, 7) is 8.56. The number of aromatic nitrogens is 2. The Kier molecular flexibility index (Phi) is 10.5. The molecule has 0 aliphatic heterocycles. The zero-order chi connectivity index (χ0) is 33.8. The van der Waals surface area contributed by atoms with E-state index in [4.69, 9.17) is 24.3 Å². The number of carboxylic acids is 1. The fraction of sp³-hybridized carbons (Fsp3) is 0.222. The van der Waals surface area contributed by atoms with Crippen LogP contribution in [0.1, 0.15) is 59.3 Å². The van der Waals surface area contributed by atoms with Crippen LogP contribution in [0.5, 0.6) is 17.2 Å². The highest BCUT2D eigenvalue weighted by atomic mass is 79.9. The molecule has 9 nitrogen and oxygen atoms in total. The van der Waals surface area contributed by atoms with E-state index >= 15 is 0 Å². The Morgan fingerprint density at radius 1 is 1.02 bits per heavy atom. The molecule has 0 unspecified atom stereocenters. The molecule has 5 aromatic rings. The predicted octanol–water partition coefficient (Wildman–Crippen LogP) is 8.59. The Labute approximate surface area is 289 Å². The first kappa shape index (κ1) is 33.9. The van der Waals surface area contributed by atoms with E-state index in [9.17, 15) is 14.7 Å². The van der Waals surface area contributed by atoms with Crippen LogP contribution in [0.4, 0.5) is 0 Å². The number of carboxylic acid groups (broad SMARTS) is 1. The van der Waals surface area contributed by atoms with Crippen LogP contribution in [0.2, 0.25) is 0 Å². The van der Waals surface area contributed by atoms with Gasteiger partial charge in [-0.15, -0.1) is 0 Å². The molecule has 0 spiro atoms. The molecular weight excluding hydrogens is 730 g/mol. The topological polar surface area (TPSA) is 112 Å². The summed E-state index contributed by atoms with van der Waals surface area (Å²) < 4.78 is 20.3. The van der Waals surface area contributed by atoms with Gasteiger partial charge in [-0.3, -0.25) is 4.79 Å². The molecule has 0 saturated heterocycles. The lowest BCUT2D eigenvalue weighted by Crippen LogP contribution is -2.21. The van der Waals surface area contributed by atoms with Gasteiger partial charge in [-0.2, -0.15) is 9.78 Å². The van der Waals surface area contributed by atoms with E-state index in [1.54, 1.807) is 43.7 Å². The molecule has 1 aromatic heterocycles. The van der Waals surface area contributed by atoms with E-state index in [2.05, 4.69) is 45.7 Å². The van der Waals surface area contributed by atoms with Gasteiger partial charge in [0.05, 0.1) is 40.9 Å². The fourth-order valence-corrected chi connectivity index (χ4v) is 6.02. The molecule has 0 bridgehead atoms. The SMILES string of the molecule is CCOc1cc(C=Nn2c(-c3cc(C(C)C)c(OC)cc3C)nc3ccccc3c2=O)c(Br)c(Br)c1OCc1ccc(C(=O)O)cc1. The Morgan fingerprint density at radius 3 is 2.40 bits per heavy atom. The molecule has 0 amide bonds. The van der Waals surface area contributed by atoms with Crippen molar-refractivity contribution in [2.75, 3.05) is 13.7 Å². The number of aryl methyl sites for hydroxylation is 1. The number of ether oxygens (including phenoxy) is 3. The number of nitrogens with zero attached hydrogens (tertiary/aromatic N) is 3. The lowest BCUT2D eigenvalue weighted by Gasteiger charge is -2.18. The summed E-state index contributed by atoms with van der Waals surface area (Å²) in [6.07, 6.45) is 1.58. The van der Waals surface area contributed by atoms with Crippen molar-refractivity contribution in [1.29, 1.82) is 0 Å². The highest BCUT2D eigenvalue weighted by Crippen LogP contribution is 2.43. The van der Waals surface area contributed by atoms with E-state index < -0.39 is 5.97 Å². The van der Waals surface area contributed by atoms with Crippen molar-refractivity contribution in [1.82, 2.24) is 9.66 Å². The second-order valence-corrected chi connectivity index (χ2v) is 12.6. The van der Waals surface area contributed by atoms with E-state index in [1.165, 1.54) is 16.8 Å². The number of methoxy groups -OCH3 is 1. The van der Waals surface area contributed by atoms with E-state index in [-0.39, 0.29) is 23.6 Å². The quantitative estimate of drug-likeness (QED) is 0.134. The molecule has 1 N–H and O–H groups in total. The zero-order valence-electron chi connectivity index (χ0n) is 26.5. The van der Waals surface area contributed by atoms with Gasteiger partial charge in [0.1, 0.15) is 12.4 Å². The van der Waals surface area contributed by atoms with Crippen LogP contribution >= 0.6 is 31.9 Å². The number of aromatic carboxylic acids is 1. The molecule has 1 heterocycles. The van der Waals surface area contributed by atoms with E-state index in [1.807, 2.05) is 38.1 Å². The van der Waals surface area contributed by atoms with Crippen LogP contribution in [0.25, 0.3) is 22.3 Å². The number of hydrogen-bond acceptors (Lipinski definition) is 7. The van der Waals surface area contributed by atoms with Crippen LogP contribution < -0.4 is 19.8 Å². The van der Waals surface area contributed by atoms with Crippen LogP contribution in [0, 0.1) is 6.92 Å². The summed E-state index contributed by atoms with van der Waals surface area (Å²) in [5.41, 5.74) is 4.52. The van der Waals surface area contributed by atoms with Gasteiger partial charge < -0.3 is 19.3 Å². The maximum atomic E-state index is 13.9. The van der Waals surface area contributed by atoms with Crippen LogP contribution in [-0.4, -0.2) is 40.7 Å². The number of benzene rings is 4. The molecule has 0 atom stereocenters. The minimum atomic E-state index is -0.992. The monoisotopic (exact) mass is 761 g/mol. The molecule has 0 radical (unpaired) electrons. The molecule has 242 valence electrons. The number of fused-ring (bicyclic) bond motifs is 1. The first-order chi connectivity index (χ1) is 22.5. The average molecular weight is 763 g/mol. The van der Waals surface area contributed by atoms with E-state index in [0.29, 0.717) is 49.3 Å². The normalized spacial score (nSPS) is 11.4. The number of rotatable bonds is 11. The summed E-state index contributed by atoms with van der Waals surface area (Å²) in [6, 6.07) is 19.4. The molecule has 0 aliphatic rings. The minimum absolute atomic E-state index is 0.170. The lowest BCUT2D eigenvalue weighted by molar-refractivity contribution is 0.0697. The van der Waals surface area contributed by atoms with Gasteiger partial charge in [0, 0.05) is 15.6 Å². The lowest BCUT2D eigenvalue weighted by atomic mass is 9.96. The van der Waals surface area contributed by atoms with Gasteiger partial charge in [0.2, 0.25) is 0 Å². The van der Waals surface area contributed by atoms with E-state index in [0.717, 1.165) is 28.0 Å². The van der Waals surface area contributed by atoms with Gasteiger partial charge in [-0.05, 0) is 111 Å². The first-order valence-corrected chi connectivity index (χ1v) is 16.5. The molecule has 0 aliphatic carbocycles. The van der Waals surface area contributed by atoms with Crippen molar-refractivity contribution < 1.29 is 24.1 Å². The average Bonchev–Trinajstić information content (AvgIpc) is 3.06. The third-order valence-electron chi connectivity index (χ3n) is 7.55. The third-order valence-corrected chi connectivity index (χ3v) is 9.69. The highest BCUT2D eigenvalue weighted by Gasteiger charge is 2.20. The van der Waals surface area contributed by atoms with Crippen LogP contribution in [0.3, 0.4) is 0 Å².